The third kappa shape index (κ3) is 2.09. The number of halogens is 1. The van der Waals surface area contributed by atoms with Crippen LogP contribution in [0, 0.1) is 0 Å². The Hall–Kier alpha value is -1.36. The van der Waals surface area contributed by atoms with Crippen LogP contribution in [0.3, 0.4) is 0 Å². The first-order valence-corrected chi connectivity index (χ1v) is 5.24. The van der Waals surface area contributed by atoms with Crippen molar-refractivity contribution in [1.29, 1.82) is 0 Å². The van der Waals surface area contributed by atoms with Crippen LogP contribution in [-0.2, 0) is 0 Å². The van der Waals surface area contributed by atoms with Gasteiger partial charge < -0.3 is 15.4 Å². The van der Waals surface area contributed by atoms with E-state index in [9.17, 15) is 0 Å². The van der Waals surface area contributed by atoms with E-state index in [1.165, 1.54) is 0 Å². The van der Waals surface area contributed by atoms with Gasteiger partial charge in [0.25, 0.3) is 0 Å². The molecule has 0 bridgehead atoms. The summed E-state index contributed by atoms with van der Waals surface area (Å²) in [4.78, 5) is 3.95. The summed E-state index contributed by atoms with van der Waals surface area (Å²) in [5, 5.41) is 9.53. The molecule has 5 heteroatoms. The fraction of sp³-hybridized carbons (Fsp3) is 0.182. The van der Waals surface area contributed by atoms with Gasteiger partial charge in [-0.3, -0.25) is 0 Å². The largest absolute Gasteiger partial charge is 0.394 e. The van der Waals surface area contributed by atoms with Gasteiger partial charge in [0, 0.05) is 12.4 Å². The smallest absolute Gasteiger partial charge is 0.0992 e. The Kier molecular flexibility index (Phi) is 3.24. The maximum Gasteiger partial charge on any atom is 0.0992 e. The minimum absolute atomic E-state index is 0.0965. The van der Waals surface area contributed by atoms with E-state index >= 15 is 0 Å². The molecule has 4 nitrogen and oxygen atoms in total. The number of benzene rings is 1. The molecule has 1 aromatic carbocycles. The van der Waals surface area contributed by atoms with Crippen LogP contribution in [-0.4, -0.2) is 21.3 Å². The Labute approximate surface area is 98.3 Å². The highest BCUT2D eigenvalue weighted by molar-refractivity contribution is 6.32. The first-order chi connectivity index (χ1) is 7.72. The van der Waals surface area contributed by atoms with E-state index in [1.807, 2.05) is 22.9 Å². The van der Waals surface area contributed by atoms with E-state index in [-0.39, 0.29) is 6.61 Å². The third-order valence-corrected chi connectivity index (χ3v) is 2.68. The second-order valence-corrected chi connectivity index (χ2v) is 3.88. The molecule has 3 N–H and O–H groups in total. The van der Waals surface area contributed by atoms with Gasteiger partial charge in [-0.25, -0.2) is 4.98 Å². The van der Waals surface area contributed by atoms with Gasteiger partial charge in [-0.1, -0.05) is 17.7 Å². The van der Waals surface area contributed by atoms with E-state index in [0.29, 0.717) is 5.02 Å². The van der Waals surface area contributed by atoms with Gasteiger partial charge in [0.15, 0.2) is 0 Å². The van der Waals surface area contributed by atoms with Crippen LogP contribution in [0.5, 0.6) is 0 Å². The number of nitrogens with two attached hydrogens (primary N) is 1. The molecule has 0 radical (unpaired) electrons. The van der Waals surface area contributed by atoms with Crippen molar-refractivity contribution in [2.75, 3.05) is 6.61 Å². The van der Waals surface area contributed by atoms with Gasteiger partial charge in [-0.05, 0) is 17.7 Å². The van der Waals surface area contributed by atoms with Gasteiger partial charge in [-0.2, -0.15) is 0 Å². The minimum atomic E-state index is -0.394. The van der Waals surface area contributed by atoms with Crippen molar-refractivity contribution in [2.24, 2.45) is 5.73 Å². The molecule has 0 spiro atoms. The van der Waals surface area contributed by atoms with Gasteiger partial charge in [0.2, 0.25) is 0 Å². The zero-order chi connectivity index (χ0) is 11.5. The summed E-state index contributed by atoms with van der Waals surface area (Å²) in [5.74, 6) is 0. The Morgan fingerprint density at radius 2 is 2.31 bits per heavy atom. The molecular formula is C11H12ClN3O. The van der Waals surface area contributed by atoms with Crippen molar-refractivity contribution < 1.29 is 5.11 Å². The minimum Gasteiger partial charge on any atom is -0.394 e. The summed E-state index contributed by atoms with van der Waals surface area (Å²) >= 11 is 6.14. The molecule has 84 valence electrons. The Morgan fingerprint density at radius 1 is 1.50 bits per heavy atom. The monoisotopic (exact) mass is 237 g/mol. The molecule has 0 aliphatic heterocycles. The molecule has 0 saturated carbocycles. The molecule has 0 aliphatic rings. The standard InChI is InChI=1S/C11H12ClN3O/c12-9-5-8(10(13)6-16)1-2-11(9)15-4-3-14-7-15/h1-5,7,10,16H,6,13H2. The van der Waals surface area contributed by atoms with Crippen molar-refractivity contribution in [3.05, 3.63) is 47.5 Å². The van der Waals surface area contributed by atoms with Crippen LogP contribution in [0.25, 0.3) is 5.69 Å². The highest BCUT2D eigenvalue weighted by Crippen LogP contribution is 2.23. The quantitative estimate of drug-likeness (QED) is 0.851. The lowest BCUT2D eigenvalue weighted by molar-refractivity contribution is 0.268. The van der Waals surface area contributed by atoms with Crippen molar-refractivity contribution >= 4 is 11.6 Å². The lowest BCUT2D eigenvalue weighted by atomic mass is 10.1. The molecule has 2 aromatic rings. The molecule has 1 aromatic heterocycles. The summed E-state index contributed by atoms with van der Waals surface area (Å²) in [6.45, 7) is -0.0965. The van der Waals surface area contributed by atoms with Gasteiger partial charge in [0.1, 0.15) is 0 Å². The molecule has 0 saturated heterocycles. The Balaban J connectivity index is 2.37. The maximum atomic E-state index is 8.95. The van der Waals surface area contributed by atoms with Crippen molar-refractivity contribution in [3.63, 3.8) is 0 Å². The molecule has 0 fully saturated rings. The van der Waals surface area contributed by atoms with E-state index in [0.717, 1.165) is 11.3 Å². The number of aliphatic hydroxyl groups is 1. The van der Waals surface area contributed by atoms with Crippen LogP contribution in [0.2, 0.25) is 5.02 Å². The zero-order valence-corrected chi connectivity index (χ0v) is 9.30. The summed E-state index contributed by atoms with van der Waals surface area (Å²) in [7, 11) is 0. The fourth-order valence-electron chi connectivity index (χ4n) is 1.47. The van der Waals surface area contributed by atoms with Gasteiger partial charge in [-0.15, -0.1) is 0 Å². The number of hydrogen-bond donors (Lipinski definition) is 2. The van der Waals surface area contributed by atoms with Crippen LogP contribution in [0.1, 0.15) is 11.6 Å². The zero-order valence-electron chi connectivity index (χ0n) is 8.55. The Morgan fingerprint density at radius 3 is 2.88 bits per heavy atom. The topological polar surface area (TPSA) is 64.1 Å². The SMILES string of the molecule is NC(CO)c1ccc(-n2ccnc2)c(Cl)c1. The number of imidazole rings is 1. The molecule has 0 amide bonds. The van der Waals surface area contributed by atoms with E-state index in [1.54, 1.807) is 18.6 Å². The highest BCUT2D eigenvalue weighted by Gasteiger charge is 2.08. The second-order valence-electron chi connectivity index (χ2n) is 3.47. The average Bonchev–Trinajstić information content (AvgIpc) is 2.81. The van der Waals surface area contributed by atoms with E-state index in [2.05, 4.69) is 4.98 Å². The molecule has 2 rings (SSSR count). The maximum absolute atomic E-state index is 8.95. The number of rotatable bonds is 3. The lowest BCUT2D eigenvalue weighted by Crippen LogP contribution is -2.14. The summed E-state index contributed by atoms with van der Waals surface area (Å²) < 4.78 is 1.82. The summed E-state index contributed by atoms with van der Waals surface area (Å²) in [6.07, 6.45) is 5.17. The van der Waals surface area contributed by atoms with Crippen LogP contribution in [0.4, 0.5) is 0 Å². The molecule has 16 heavy (non-hydrogen) atoms. The van der Waals surface area contributed by atoms with Crippen molar-refractivity contribution in [2.45, 2.75) is 6.04 Å². The molecule has 1 unspecified atom stereocenters. The number of aromatic nitrogens is 2. The summed E-state index contributed by atoms with van der Waals surface area (Å²) in [5.41, 5.74) is 7.36. The van der Waals surface area contributed by atoms with E-state index < -0.39 is 6.04 Å². The lowest BCUT2D eigenvalue weighted by Gasteiger charge is -2.11. The number of nitrogens with zero attached hydrogens (tertiary/aromatic N) is 2. The average molecular weight is 238 g/mol. The predicted molar refractivity (Wildman–Crippen MR) is 62.6 cm³/mol. The first-order valence-electron chi connectivity index (χ1n) is 4.86. The molecular weight excluding hydrogens is 226 g/mol. The number of hydrogen-bond acceptors (Lipinski definition) is 3. The van der Waals surface area contributed by atoms with E-state index in [4.69, 9.17) is 22.4 Å². The highest BCUT2D eigenvalue weighted by atomic mass is 35.5. The molecule has 1 atom stereocenters. The first kappa shape index (κ1) is 11.1. The fourth-order valence-corrected chi connectivity index (χ4v) is 1.76. The predicted octanol–water partition coefficient (Wildman–Crippen LogP) is 1.52. The Bertz CT molecular complexity index is 470. The third-order valence-electron chi connectivity index (χ3n) is 2.38. The van der Waals surface area contributed by atoms with Gasteiger partial charge in [0.05, 0.1) is 29.7 Å². The van der Waals surface area contributed by atoms with Crippen molar-refractivity contribution in [1.82, 2.24) is 9.55 Å². The van der Waals surface area contributed by atoms with Crippen LogP contribution in [0.15, 0.2) is 36.9 Å². The molecule has 0 aliphatic carbocycles. The van der Waals surface area contributed by atoms with Crippen LogP contribution >= 0.6 is 11.6 Å². The summed E-state index contributed by atoms with van der Waals surface area (Å²) in [6, 6.07) is 5.07. The normalized spacial score (nSPS) is 12.7. The van der Waals surface area contributed by atoms with Crippen LogP contribution < -0.4 is 5.73 Å². The second kappa shape index (κ2) is 4.65. The van der Waals surface area contributed by atoms with Crippen molar-refractivity contribution in [3.8, 4) is 5.69 Å². The molecule has 1 heterocycles. The van der Waals surface area contributed by atoms with Gasteiger partial charge >= 0.3 is 0 Å². The number of aliphatic hydroxyl groups excluding tert-OH is 1.